The van der Waals surface area contributed by atoms with Crippen LogP contribution in [0, 0.1) is 19.8 Å². The number of amides is 2. The third-order valence-electron chi connectivity index (χ3n) is 7.13. The summed E-state index contributed by atoms with van der Waals surface area (Å²) in [5.41, 5.74) is 4.36. The summed E-state index contributed by atoms with van der Waals surface area (Å²) >= 11 is 6.26. The number of halogens is 1. The lowest BCUT2D eigenvalue weighted by Gasteiger charge is -2.32. The van der Waals surface area contributed by atoms with Gasteiger partial charge in [0, 0.05) is 37.5 Å². The molecule has 3 rings (SSSR count). The zero-order chi connectivity index (χ0) is 30.9. The van der Waals surface area contributed by atoms with E-state index in [1.54, 1.807) is 23.1 Å². The van der Waals surface area contributed by atoms with Crippen molar-refractivity contribution in [1.82, 2.24) is 10.2 Å². The molecule has 2 amide bonds. The van der Waals surface area contributed by atoms with Crippen molar-refractivity contribution in [1.29, 1.82) is 0 Å². The first kappa shape index (κ1) is 33.1. The number of carbonyl (C=O) groups excluding carboxylic acids is 2. The van der Waals surface area contributed by atoms with Gasteiger partial charge in [0.05, 0.1) is 11.9 Å². The predicted molar refractivity (Wildman–Crippen MR) is 171 cm³/mol. The summed E-state index contributed by atoms with van der Waals surface area (Å²) in [5.74, 6) is -0.212. The number of anilines is 1. The van der Waals surface area contributed by atoms with E-state index in [-0.39, 0.29) is 43.7 Å². The second-order valence-corrected chi connectivity index (χ2v) is 13.5. The van der Waals surface area contributed by atoms with Crippen LogP contribution in [0.2, 0.25) is 5.02 Å². The highest BCUT2D eigenvalue weighted by Gasteiger charge is 2.30. The Kier molecular flexibility index (Phi) is 12.0. The molecule has 0 saturated carbocycles. The number of aryl methyl sites for hydroxylation is 2. The van der Waals surface area contributed by atoms with Crippen molar-refractivity contribution in [2.24, 2.45) is 5.92 Å². The normalized spacial score (nSPS) is 12.2. The zero-order valence-corrected chi connectivity index (χ0v) is 26.7. The van der Waals surface area contributed by atoms with Gasteiger partial charge in [0.25, 0.3) is 0 Å². The molecule has 3 aromatic rings. The van der Waals surface area contributed by atoms with E-state index in [4.69, 9.17) is 11.6 Å². The van der Waals surface area contributed by atoms with Crippen LogP contribution in [0.15, 0.2) is 72.8 Å². The monoisotopic (exact) mass is 611 g/mol. The Morgan fingerprint density at radius 3 is 2.21 bits per heavy atom. The number of carbonyl (C=O) groups is 2. The fourth-order valence-electron chi connectivity index (χ4n) is 4.69. The molecule has 226 valence electrons. The second-order valence-electron chi connectivity index (χ2n) is 11.2. The largest absolute Gasteiger partial charge is 0.354 e. The molecule has 0 radical (unpaired) electrons. The molecule has 0 aliphatic rings. The molecule has 0 aromatic heterocycles. The maximum Gasteiger partial charge on any atom is 0.243 e. The van der Waals surface area contributed by atoms with Gasteiger partial charge < -0.3 is 10.2 Å². The van der Waals surface area contributed by atoms with Gasteiger partial charge >= 0.3 is 0 Å². The van der Waals surface area contributed by atoms with Crippen LogP contribution in [0.1, 0.15) is 48.9 Å². The van der Waals surface area contributed by atoms with E-state index in [0.29, 0.717) is 23.7 Å². The van der Waals surface area contributed by atoms with Gasteiger partial charge in [-0.2, -0.15) is 0 Å². The van der Waals surface area contributed by atoms with E-state index in [1.807, 2.05) is 82.3 Å². The molecular formula is C33H42ClN3O4S. The molecule has 0 aliphatic carbocycles. The van der Waals surface area contributed by atoms with Gasteiger partial charge in [0.1, 0.15) is 6.04 Å². The molecular weight excluding hydrogens is 570 g/mol. The first-order chi connectivity index (χ1) is 19.8. The van der Waals surface area contributed by atoms with Crippen molar-refractivity contribution in [3.8, 4) is 0 Å². The van der Waals surface area contributed by atoms with Crippen molar-refractivity contribution in [3.63, 3.8) is 0 Å². The third kappa shape index (κ3) is 9.88. The van der Waals surface area contributed by atoms with Gasteiger partial charge in [0.2, 0.25) is 21.8 Å². The molecule has 0 spiro atoms. The van der Waals surface area contributed by atoms with Gasteiger partial charge in [0.15, 0.2) is 0 Å². The Hall–Kier alpha value is -3.36. The lowest BCUT2D eigenvalue weighted by molar-refractivity contribution is -0.141. The number of hydrogen-bond donors (Lipinski definition) is 1. The van der Waals surface area contributed by atoms with Crippen LogP contribution in [0.5, 0.6) is 0 Å². The smallest absolute Gasteiger partial charge is 0.243 e. The highest BCUT2D eigenvalue weighted by atomic mass is 35.5. The summed E-state index contributed by atoms with van der Waals surface area (Å²) < 4.78 is 26.7. The van der Waals surface area contributed by atoms with Crippen LogP contribution in [-0.4, -0.2) is 50.5 Å². The van der Waals surface area contributed by atoms with Crippen LogP contribution >= 0.6 is 11.6 Å². The molecule has 0 aliphatic heterocycles. The molecule has 7 nitrogen and oxygen atoms in total. The standard InChI is InChI=1S/C33H42ClN3O4S/c1-24(2)22-35-33(39)31(21-27-11-7-6-8-12-27)36(23-28-13-9-14-29(34)20-28)32(38)15-10-18-37(42(5,40)41)30-17-16-25(3)26(4)19-30/h6-9,11-14,16-17,19-20,24,31H,10,15,18,21-23H2,1-5H3,(H,35,39). The van der Waals surface area contributed by atoms with Crippen molar-refractivity contribution < 1.29 is 18.0 Å². The number of nitrogens with one attached hydrogen (secondary N) is 1. The Morgan fingerprint density at radius 1 is 0.905 bits per heavy atom. The highest BCUT2D eigenvalue weighted by molar-refractivity contribution is 7.92. The second kappa shape index (κ2) is 15.2. The van der Waals surface area contributed by atoms with Crippen LogP contribution in [0.4, 0.5) is 5.69 Å². The van der Waals surface area contributed by atoms with Crippen LogP contribution in [0.25, 0.3) is 0 Å². The Bertz CT molecular complexity index is 1460. The maximum absolute atomic E-state index is 13.9. The summed E-state index contributed by atoms with van der Waals surface area (Å²) in [6.07, 6.45) is 1.87. The van der Waals surface area contributed by atoms with E-state index >= 15 is 0 Å². The van der Waals surface area contributed by atoms with Gasteiger partial charge in [-0.3, -0.25) is 13.9 Å². The summed E-state index contributed by atoms with van der Waals surface area (Å²) in [7, 11) is -3.58. The summed E-state index contributed by atoms with van der Waals surface area (Å²) in [4.78, 5) is 29.1. The summed E-state index contributed by atoms with van der Waals surface area (Å²) in [6, 6.07) is 21.6. The van der Waals surface area contributed by atoms with E-state index in [2.05, 4.69) is 5.32 Å². The van der Waals surface area contributed by atoms with Crippen LogP contribution in [0.3, 0.4) is 0 Å². The quantitative estimate of drug-likeness (QED) is 0.245. The SMILES string of the molecule is Cc1ccc(N(CCCC(=O)N(Cc2cccc(Cl)c2)C(Cc2ccccc2)C(=O)NCC(C)C)S(C)(=O)=O)cc1C. The van der Waals surface area contributed by atoms with Gasteiger partial charge in [-0.1, -0.05) is 74.0 Å². The Morgan fingerprint density at radius 2 is 1.60 bits per heavy atom. The Balaban J connectivity index is 1.89. The number of rotatable bonds is 14. The minimum atomic E-state index is -3.58. The van der Waals surface area contributed by atoms with E-state index in [1.165, 1.54) is 10.6 Å². The minimum absolute atomic E-state index is 0.0696. The zero-order valence-electron chi connectivity index (χ0n) is 25.1. The minimum Gasteiger partial charge on any atom is -0.354 e. The third-order valence-corrected chi connectivity index (χ3v) is 8.56. The fourth-order valence-corrected chi connectivity index (χ4v) is 5.86. The van der Waals surface area contributed by atoms with Crippen LogP contribution in [-0.2, 0) is 32.6 Å². The predicted octanol–water partition coefficient (Wildman–Crippen LogP) is 5.92. The molecule has 42 heavy (non-hydrogen) atoms. The molecule has 0 fully saturated rings. The lowest BCUT2D eigenvalue weighted by atomic mass is 10.0. The first-order valence-corrected chi connectivity index (χ1v) is 16.5. The molecule has 0 bridgehead atoms. The average molecular weight is 612 g/mol. The molecule has 0 heterocycles. The summed E-state index contributed by atoms with van der Waals surface area (Å²) in [6.45, 7) is 8.77. The number of benzene rings is 3. The van der Waals surface area contributed by atoms with E-state index < -0.39 is 16.1 Å². The Labute approximate surface area is 255 Å². The topological polar surface area (TPSA) is 86.8 Å². The van der Waals surface area contributed by atoms with Crippen LogP contribution < -0.4 is 9.62 Å². The van der Waals surface area contributed by atoms with E-state index in [0.717, 1.165) is 22.3 Å². The van der Waals surface area contributed by atoms with E-state index in [9.17, 15) is 18.0 Å². The van der Waals surface area contributed by atoms with Crippen molar-refractivity contribution in [2.75, 3.05) is 23.7 Å². The number of sulfonamides is 1. The van der Waals surface area contributed by atoms with Gasteiger partial charge in [-0.15, -0.1) is 0 Å². The molecule has 1 atom stereocenters. The maximum atomic E-state index is 13.9. The highest BCUT2D eigenvalue weighted by Crippen LogP contribution is 2.23. The first-order valence-electron chi connectivity index (χ1n) is 14.3. The van der Waals surface area contributed by atoms with Gasteiger partial charge in [-0.05, 0) is 72.7 Å². The average Bonchev–Trinajstić information content (AvgIpc) is 2.93. The summed E-state index contributed by atoms with van der Waals surface area (Å²) in [5, 5.41) is 3.56. The molecule has 1 unspecified atom stereocenters. The molecule has 1 N–H and O–H groups in total. The lowest BCUT2D eigenvalue weighted by Crippen LogP contribution is -2.51. The van der Waals surface area contributed by atoms with Crippen molar-refractivity contribution in [3.05, 3.63) is 100 Å². The molecule has 0 saturated heterocycles. The van der Waals surface area contributed by atoms with Crippen molar-refractivity contribution in [2.45, 2.75) is 59.5 Å². The molecule has 3 aromatic carbocycles. The van der Waals surface area contributed by atoms with Gasteiger partial charge in [-0.25, -0.2) is 8.42 Å². The molecule has 9 heteroatoms. The number of nitrogens with zero attached hydrogens (tertiary/aromatic N) is 2. The fraction of sp³-hybridized carbons (Fsp3) is 0.394. The number of hydrogen-bond acceptors (Lipinski definition) is 4. The van der Waals surface area contributed by atoms with Crippen molar-refractivity contribution >= 4 is 39.1 Å².